The Labute approximate surface area is 172 Å². The smallest absolute Gasteiger partial charge is 0.338 e. The van der Waals surface area contributed by atoms with Gasteiger partial charge in [-0.15, -0.1) is 0 Å². The highest BCUT2D eigenvalue weighted by molar-refractivity contribution is 6.02. The third kappa shape index (κ3) is 4.70. The molecule has 0 saturated carbocycles. The summed E-state index contributed by atoms with van der Waals surface area (Å²) in [4.78, 5) is 48.9. The summed E-state index contributed by atoms with van der Waals surface area (Å²) in [7, 11) is 2.56. The van der Waals surface area contributed by atoms with Crippen LogP contribution in [0.15, 0.2) is 27.8 Å². The summed E-state index contributed by atoms with van der Waals surface area (Å²) in [5, 5.41) is 0. The van der Waals surface area contributed by atoms with Gasteiger partial charge in [0.1, 0.15) is 11.4 Å². The normalized spacial score (nSPS) is 10.5. The number of esters is 1. The van der Waals surface area contributed by atoms with E-state index in [2.05, 4.69) is 0 Å². The van der Waals surface area contributed by atoms with Crippen LogP contribution in [0.1, 0.15) is 41.0 Å². The Hall–Kier alpha value is -3.56. The fraction of sp³-hybridized carbons (Fsp3) is 0.400. The van der Waals surface area contributed by atoms with Crippen LogP contribution in [0.4, 0.5) is 5.82 Å². The van der Waals surface area contributed by atoms with Gasteiger partial charge in [-0.1, -0.05) is 6.92 Å². The first-order chi connectivity index (χ1) is 14.2. The van der Waals surface area contributed by atoms with E-state index in [1.165, 1.54) is 26.2 Å². The number of nitrogens with zero attached hydrogens (tertiary/aromatic N) is 2. The van der Waals surface area contributed by atoms with Crippen LogP contribution in [0, 0.1) is 0 Å². The van der Waals surface area contributed by atoms with E-state index in [1.807, 2.05) is 6.92 Å². The summed E-state index contributed by atoms with van der Waals surface area (Å²) in [6.45, 7) is 3.91. The molecule has 0 atom stereocenters. The van der Waals surface area contributed by atoms with Crippen LogP contribution < -0.4 is 26.5 Å². The van der Waals surface area contributed by atoms with Gasteiger partial charge >= 0.3 is 11.7 Å². The van der Waals surface area contributed by atoms with Gasteiger partial charge in [-0.2, -0.15) is 0 Å². The largest absolute Gasteiger partial charge is 0.490 e. The first-order valence-electron chi connectivity index (χ1n) is 9.38. The molecule has 0 unspecified atom stereocenters. The van der Waals surface area contributed by atoms with Crippen molar-refractivity contribution in [2.24, 2.45) is 14.1 Å². The Morgan fingerprint density at radius 2 is 1.73 bits per heavy atom. The van der Waals surface area contributed by atoms with Crippen molar-refractivity contribution in [3.8, 4) is 11.5 Å². The Kier molecular flexibility index (Phi) is 7.40. The van der Waals surface area contributed by atoms with E-state index in [1.54, 1.807) is 13.0 Å². The van der Waals surface area contributed by atoms with Gasteiger partial charge in [0.25, 0.3) is 5.56 Å². The van der Waals surface area contributed by atoms with Gasteiger partial charge < -0.3 is 19.9 Å². The van der Waals surface area contributed by atoms with E-state index in [0.29, 0.717) is 24.7 Å². The summed E-state index contributed by atoms with van der Waals surface area (Å²) >= 11 is 0. The minimum Gasteiger partial charge on any atom is -0.490 e. The number of carbonyl (C=O) groups excluding carboxylic acids is 2. The third-order valence-electron chi connectivity index (χ3n) is 4.26. The molecule has 10 heteroatoms. The van der Waals surface area contributed by atoms with Gasteiger partial charge in [-0.3, -0.25) is 18.7 Å². The van der Waals surface area contributed by atoms with Crippen molar-refractivity contribution in [2.45, 2.75) is 20.3 Å². The number of anilines is 1. The van der Waals surface area contributed by atoms with Crippen molar-refractivity contribution in [3.63, 3.8) is 0 Å². The van der Waals surface area contributed by atoms with E-state index < -0.39 is 35.2 Å². The number of carbonyl (C=O) groups is 2. The highest BCUT2D eigenvalue weighted by Gasteiger charge is 2.22. The standard InChI is InChI=1S/C20H25N3O7/c1-5-9-29-14-8-7-12(10-15(14)28-6-2)19(26)30-11-13(24)16-17(21)22(3)20(27)23(4)18(16)25/h7-8,10H,5-6,9,11,21H2,1-4H3. The number of Topliss-reactive ketones (excluding diaryl/α,β-unsaturated/α-hetero) is 1. The Morgan fingerprint density at radius 1 is 1.03 bits per heavy atom. The summed E-state index contributed by atoms with van der Waals surface area (Å²) in [5.74, 6) is -1.02. The molecule has 2 rings (SSSR count). The van der Waals surface area contributed by atoms with Crippen molar-refractivity contribution < 1.29 is 23.8 Å². The molecule has 0 amide bonds. The molecule has 1 heterocycles. The molecule has 0 aliphatic carbocycles. The number of ether oxygens (including phenoxy) is 3. The topological polar surface area (TPSA) is 132 Å². The minimum absolute atomic E-state index is 0.149. The van der Waals surface area contributed by atoms with Crippen molar-refractivity contribution in [1.29, 1.82) is 0 Å². The number of nitrogens with two attached hydrogens (primary N) is 1. The van der Waals surface area contributed by atoms with Crippen LogP contribution in [-0.4, -0.2) is 40.7 Å². The molecular formula is C20H25N3O7. The number of rotatable bonds is 9. The zero-order valence-corrected chi connectivity index (χ0v) is 17.4. The SMILES string of the molecule is CCCOc1ccc(C(=O)OCC(=O)c2c(N)n(C)c(=O)n(C)c2=O)cc1OCC. The fourth-order valence-electron chi connectivity index (χ4n) is 2.64. The molecule has 0 saturated heterocycles. The van der Waals surface area contributed by atoms with E-state index in [-0.39, 0.29) is 11.4 Å². The zero-order valence-electron chi connectivity index (χ0n) is 17.4. The molecule has 0 aliphatic rings. The quantitative estimate of drug-likeness (QED) is 0.468. The average molecular weight is 419 g/mol. The molecule has 0 bridgehead atoms. The summed E-state index contributed by atoms with van der Waals surface area (Å²) in [6, 6.07) is 4.53. The van der Waals surface area contributed by atoms with Crippen LogP contribution in [0.5, 0.6) is 11.5 Å². The van der Waals surface area contributed by atoms with Gasteiger partial charge in [0, 0.05) is 14.1 Å². The van der Waals surface area contributed by atoms with Crippen LogP contribution in [0.25, 0.3) is 0 Å². The van der Waals surface area contributed by atoms with Crippen LogP contribution in [0.3, 0.4) is 0 Å². The maximum atomic E-state index is 12.4. The van der Waals surface area contributed by atoms with E-state index in [9.17, 15) is 19.2 Å². The maximum Gasteiger partial charge on any atom is 0.338 e. The summed E-state index contributed by atoms with van der Waals surface area (Å²) in [6.07, 6.45) is 0.811. The first kappa shape index (κ1) is 22.7. The van der Waals surface area contributed by atoms with E-state index in [4.69, 9.17) is 19.9 Å². The van der Waals surface area contributed by atoms with Gasteiger partial charge in [-0.05, 0) is 31.5 Å². The number of benzene rings is 1. The van der Waals surface area contributed by atoms with Gasteiger partial charge in [0.2, 0.25) is 5.78 Å². The molecule has 1 aromatic heterocycles. The van der Waals surface area contributed by atoms with E-state index in [0.717, 1.165) is 15.6 Å². The monoisotopic (exact) mass is 419 g/mol. The zero-order chi connectivity index (χ0) is 22.4. The minimum atomic E-state index is -0.854. The van der Waals surface area contributed by atoms with Gasteiger partial charge in [-0.25, -0.2) is 9.59 Å². The Morgan fingerprint density at radius 3 is 2.37 bits per heavy atom. The molecule has 0 fully saturated rings. The predicted octanol–water partition coefficient (Wildman–Crippen LogP) is 0.893. The molecule has 0 spiro atoms. The molecule has 0 aliphatic heterocycles. The van der Waals surface area contributed by atoms with Gasteiger partial charge in [0.05, 0.1) is 18.8 Å². The van der Waals surface area contributed by atoms with Crippen molar-refractivity contribution in [2.75, 3.05) is 25.6 Å². The second-order valence-corrected chi connectivity index (χ2v) is 6.41. The molecule has 10 nitrogen and oxygen atoms in total. The molecular weight excluding hydrogens is 394 g/mol. The Bertz CT molecular complexity index is 1070. The summed E-state index contributed by atoms with van der Waals surface area (Å²) < 4.78 is 17.8. The van der Waals surface area contributed by atoms with Gasteiger partial charge in [0.15, 0.2) is 18.1 Å². The van der Waals surface area contributed by atoms with Crippen molar-refractivity contribution in [3.05, 3.63) is 50.2 Å². The molecule has 30 heavy (non-hydrogen) atoms. The molecule has 2 aromatic rings. The molecule has 0 radical (unpaired) electrons. The number of aromatic nitrogens is 2. The lowest BCUT2D eigenvalue weighted by molar-refractivity contribution is 0.0473. The third-order valence-corrected chi connectivity index (χ3v) is 4.26. The second kappa shape index (κ2) is 9.77. The highest BCUT2D eigenvalue weighted by Crippen LogP contribution is 2.29. The van der Waals surface area contributed by atoms with E-state index >= 15 is 0 Å². The van der Waals surface area contributed by atoms with Crippen molar-refractivity contribution in [1.82, 2.24) is 9.13 Å². The number of hydrogen-bond donors (Lipinski definition) is 1. The molecule has 2 N–H and O–H groups in total. The predicted molar refractivity (Wildman–Crippen MR) is 109 cm³/mol. The molecule has 162 valence electrons. The molecule has 1 aromatic carbocycles. The average Bonchev–Trinajstić information content (AvgIpc) is 2.74. The van der Waals surface area contributed by atoms with Crippen molar-refractivity contribution >= 4 is 17.6 Å². The first-order valence-corrected chi connectivity index (χ1v) is 9.38. The number of hydrogen-bond acceptors (Lipinski definition) is 8. The Balaban J connectivity index is 2.20. The highest BCUT2D eigenvalue weighted by atomic mass is 16.5. The van der Waals surface area contributed by atoms with Crippen LogP contribution in [0.2, 0.25) is 0 Å². The second-order valence-electron chi connectivity index (χ2n) is 6.41. The summed E-state index contributed by atoms with van der Waals surface area (Å²) in [5.41, 5.74) is 3.96. The fourth-order valence-corrected chi connectivity index (χ4v) is 2.64. The lowest BCUT2D eigenvalue weighted by Gasteiger charge is -2.13. The number of nitrogen functional groups attached to an aromatic ring is 1. The lowest BCUT2D eigenvalue weighted by atomic mass is 10.2. The lowest BCUT2D eigenvalue weighted by Crippen LogP contribution is -2.42. The number of ketones is 1. The van der Waals surface area contributed by atoms with Crippen LogP contribution in [-0.2, 0) is 18.8 Å². The van der Waals surface area contributed by atoms with Crippen LogP contribution >= 0.6 is 0 Å². The maximum absolute atomic E-state index is 12.4.